The maximum absolute atomic E-state index is 12.8. The van der Waals surface area contributed by atoms with E-state index < -0.39 is 0 Å². The minimum atomic E-state index is -0.223. The third kappa shape index (κ3) is 4.27. The molecular weight excluding hydrogens is 364 g/mol. The van der Waals surface area contributed by atoms with Gasteiger partial charge in [0.1, 0.15) is 5.82 Å². The van der Waals surface area contributed by atoms with Gasteiger partial charge in [0.25, 0.3) is 5.91 Å². The molecule has 6 nitrogen and oxygen atoms in total. The standard InChI is InChI=1S/C23H22N4O2/c1-16(28)25-19-8-4-9-20(15-19)26-23(29)18-11-12-24-22(14-18)27-13-5-7-17-6-2-3-10-21(17)27/h2-4,6,8-12,14-15H,5,7,13H2,1H3,(H,25,28)(H,26,29). The zero-order chi connectivity index (χ0) is 20.2. The van der Waals surface area contributed by atoms with Gasteiger partial charge >= 0.3 is 0 Å². The smallest absolute Gasteiger partial charge is 0.255 e. The lowest BCUT2D eigenvalue weighted by molar-refractivity contribution is -0.114. The molecule has 0 spiro atoms. The van der Waals surface area contributed by atoms with E-state index in [1.807, 2.05) is 12.1 Å². The number of pyridine rings is 1. The molecule has 1 aliphatic rings. The number of rotatable bonds is 4. The summed E-state index contributed by atoms with van der Waals surface area (Å²) in [5.41, 5.74) is 4.22. The first-order valence-corrected chi connectivity index (χ1v) is 9.61. The van der Waals surface area contributed by atoms with Gasteiger partial charge in [-0.25, -0.2) is 4.98 Å². The highest BCUT2D eigenvalue weighted by molar-refractivity contribution is 6.05. The lowest BCUT2D eigenvalue weighted by Crippen LogP contribution is -2.25. The SMILES string of the molecule is CC(=O)Nc1cccc(NC(=O)c2ccnc(N3CCCc4ccccc43)c2)c1. The third-order valence-corrected chi connectivity index (χ3v) is 4.84. The molecule has 0 bridgehead atoms. The molecule has 6 heteroatoms. The summed E-state index contributed by atoms with van der Waals surface area (Å²) >= 11 is 0. The summed E-state index contributed by atoms with van der Waals surface area (Å²) in [4.78, 5) is 30.7. The summed E-state index contributed by atoms with van der Waals surface area (Å²) in [7, 11) is 0. The number of hydrogen-bond donors (Lipinski definition) is 2. The Bertz CT molecular complexity index is 1060. The third-order valence-electron chi connectivity index (χ3n) is 4.84. The second-order valence-electron chi connectivity index (χ2n) is 7.00. The molecule has 2 amide bonds. The number of aryl methyl sites for hydroxylation is 1. The monoisotopic (exact) mass is 386 g/mol. The van der Waals surface area contributed by atoms with Crippen LogP contribution in [0.1, 0.15) is 29.3 Å². The number of benzene rings is 2. The van der Waals surface area contributed by atoms with Crippen molar-refractivity contribution in [3.63, 3.8) is 0 Å². The van der Waals surface area contributed by atoms with Crippen LogP contribution in [0, 0.1) is 0 Å². The Hall–Kier alpha value is -3.67. The minimum Gasteiger partial charge on any atom is -0.326 e. The molecule has 146 valence electrons. The van der Waals surface area contributed by atoms with Gasteiger partial charge in [-0.1, -0.05) is 24.3 Å². The maximum Gasteiger partial charge on any atom is 0.255 e. The van der Waals surface area contributed by atoms with Gasteiger partial charge in [-0.15, -0.1) is 0 Å². The van der Waals surface area contributed by atoms with Crippen molar-refractivity contribution in [2.24, 2.45) is 0 Å². The molecule has 0 radical (unpaired) electrons. The quantitative estimate of drug-likeness (QED) is 0.698. The average molecular weight is 386 g/mol. The van der Waals surface area contributed by atoms with Gasteiger partial charge in [0, 0.05) is 42.3 Å². The summed E-state index contributed by atoms with van der Waals surface area (Å²) in [6.07, 6.45) is 3.76. The number of nitrogens with one attached hydrogen (secondary N) is 2. The number of aromatic nitrogens is 1. The second kappa shape index (κ2) is 8.14. The zero-order valence-corrected chi connectivity index (χ0v) is 16.2. The van der Waals surface area contributed by atoms with Gasteiger partial charge in [-0.3, -0.25) is 9.59 Å². The van der Waals surface area contributed by atoms with E-state index in [-0.39, 0.29) is 11.8 Å². The first-order valence-electron chi connectivity index (χ1n) is 9.61. The molecule has 2 aromatic carbocycles. The van der Waals surface area contributed by atoms with Crippen LogP contribution in [0.5, 0.6) is 0 Å². The van der Waals surface area contributed by atoms with Gasteiger partial charge in [-0.05, 0) is 54.8 Å². The normalized spacial score (nSPS) is 12.8. The van der Waals surface area contributed by atoms with Crippen molar-refractivity contribution in [2.45, 2.75) is 19.8 Å². The molecule has 0 atom stereocenters. The first-order chi connectivity index (χ1) is 14.1. The lowest BCUT2D eigenvalue weighted by Gasteiger charge is -2.30. The number of amides is 2. The van der Waals surface area contributed by atoms with E-state index >= 15 is 0 Å². The van der Waals surface area contributed by atoms with Gasteiger partial charge in [0.05, 0.1) is 0 Å². The van der Waals surface area contributed by atoms with Crippen molar-refractivity contribution < 1.29 is 9.59 Å². The number of carbonyl (C=O) groups excluding carboxylic acids is 2. The molecule has 2 heterocycles. The summed E-state index contributed by atoms with van der Waals surface area (Å²) in [5.74, 6) is 0.379. The second-order valence-corrected chi connectivity index (χ2v) is 7.00. The van der Waals surface area contributed by atoms with Crippen LogP contribution < -0.4 is 15.5 Å². The number of nitrogens with zero attached hydrogens (tertiary/aromatic N) is 2. The number of para-hydroxylation sites is 1. The van der Waals surface area contributed by atoms with E-state index in [0.717, 1.165) is 30.9 Å². The van der Waals surface area contributed by atoms with Crippen LogP contribution in [-0.2, 0) is 11.2 Å². The highest BCUT2D eigenvalue weighted by atomic mass is 16.2. The van der Waals surface area contributed by atoms with Crippen LogP contribution in [0.15, 0.2) is 66.9 Å². The average Bonchev–Trinajstić information content (AvgIpc) is 2.73. The number of anilines is 4. The van der Waals surface area contributed by atoms with Crippen molar-refractivity contribution in [1.82, 2.24) is 4.98 Å². The van der Waals surface area contributed by atoms with E-state index in [1.165, 1.54) is 12.5 Å². The largest absolute Gasteiger partial charge is 0.326 e. The fourth-order valence-corrected chi connectivity index (χ4v) is 3.56. The van der Waals surface area contributed by atoms with Crippen molar-refractivity contribution in [2.75, 3.05) is 22.1 Å². The Balaban J connectivity index is 1.55. The molecule has 0 unspecified atom stereocenters. The highest BCUT2D eigenvalue weighted by Crippen LogP contribution is 2.32. The van der Waals surface area contributed by atoms with Crippen molar-refractivity contribution in [3.8, 4) is 0 Å². The van der Waals surface area contributed by atoms with E-state index in [1.54, 1.807) is 36.5 Å². The predicted molar refractivity (Wildman–Crippen MR) is 115 cm³/mol. The van der Waals surface area contributed by atoms with Crippen molar-refractivity contribution >= 4 is 34.7 Å². The van der Waals surface area contributed by atoms with Crippen LogP contribution >= 0.6 is 0 Å². The Morgan fingerprint density at radius 3 is 2.59 bits per heavy atom. The minimum absolute atomic E-state index is 0.158. The van der Waals surface area contributed by atoms with E-state index in [9.17, 15) is 9.59 Å². The van der Waals surface area contributed by atoms with Crippen LogP contribution in [0.25, 0.3) is 0 Å². The Morgan fingerprint density at radius 1 is 0.966 bits per heavy atom. The number of carbonyl (C=O) groups is 2. The van der Waals surface area contributed by atoms with E-state index in [0.29, 0.717) is 16.9 Å². The summed E-state index contributed by atoms with van der Waals surface area (Å²) in [6, 6.07) is 18.9. The van der Waals surface area contributed by atoms with Gasteiger partial charge in [0.2, 0.25) is 5.91 Å². The molecule has 0 saturated heterocycles. The van der Waals surface area contributed by atoms with Crippen molar-refractivity contribution in [3.05, 3.63) is 78.0 Å². The van der Waals surface area contributed by atoms with E-state index in [2.05, 4.69) is 38.7 Å². The Kier molecular flexibility index (Phi) is 5.24. The topological polar surface area (TPSA) is 74.3 Å². The molecule has 29 heavy (non-hydrogen) atoms. The van der Waals surface area contributed by atoms with E-state index in [4.69, 9.17) is 0 Å². The maximum atomic E-state index is 12.8. The lowest BCUT2D eigenvalue weighted by atomic mass is 10.0. The highest BCUT2D eigenvalue weighted by Gasteiger charge is 2.19. The number of fused-ring (bicyclic) bond motifs is 1. The Labute approximate surface area is 169 Å². The van der Waals surface area contributed by atoms with Crippen LogP contribution in [0.2, 0.25) is 0 Å². The Morgan fingerprint density at radius 2 is 1.76 bits per heavy atom. The van der Waals surface area contributed by atoms with Crippen molar-refractivity contribution in [1.29, 1.82) is 0 Å². The molecule has 0 saturated carbocycles. The molecule has 1 aromatic heterocycles. The molecule has 3 aromatic rings. The zero-order valence-electron chi connectivity index (χ0n) is 16.2. The molecule has 0 fully saturated rings. The van der Waals surface area contributed by atoms with Gasteiger partial charge in [0.15, 0.2) is 0 Å². The summed E-state index contributed by atoms with van der Waals surface area (Å²) in [5, 5.41) is 5.60. The van der Waals surface area contributed by atoms with Crippen LogP contribution in [-0.4, -0.2) is 23.3 Å². The van der Waals surface area contributed by atoms with Gasteiger partial charge in [-0.2, -0.15) is 0 Å². The summed E-state index contributed by atoms with van der Waals surface area (Å²) < 4.78 is 0. The molecule has 2 N–H and O–H groups in total. The molecule has 4 rings (SSSR count). The molecule has 1 aliphatic heterocycles. The molecule has 0 aliphatic carbocycles. The van der Waals surface area contributed by atoms with Gasteiger partial charge < -0.3 is 15.5 Å². The van der Waals surface area contributed by atoms with Crippen LogP contribution in [0.3, 0.4) is 0 Å². The fraction of sp³-hybridized carbons (Fsp3) is 0.174. The first kappa shape index (κ1) is 18.7. The fourth-order valence-electron chi connectivity index (χ4n) is 3.56. The molecular formula is C23H22N4O2. The van der Waals surface area contributed by atoms with Crippen LogP contribution in [0.4, 0.5) is 22.9 Å². The summed E-state index contributed by atoms with van der Waals surface area (Å²) in [6.45, 7) is 2.32. The predicted octanol–water partition coefficient (Wildman–Crippen LogP) is 4.38. The number of hydrogen-bond acceptors (Lipinski definition) is 4.